The molecule has 1 unspecified atom stereocenters. The number of aldehydes is 1. The zero-order valence-electron chi connectivity index (χ0n) is 13.8. The number of aliphatic hydroxyl groups is 1. The molecule has 0 aromatic heterocycles. The molecule has 2 heteroatoms. The first-order chi connectivity index (χ1) is 10.5. The van der Waals surface area contributed by atoms with Crippen molar-refractivity contribution in [3.8, 4) is 0 Å². The Hall–Kier alpha value is -0.890. The number of aliphatic hydroxyl groups excluding tert-OH is 1. The number of allylic oxidation sites excluding steroid dienone is 4. The Bertz CT molecular complexity index is 548. The molecule has 7 atom stereocenters. The fraction of sp³-hybridized carbons (Fsp3) is 0.750. The maximum absolute atomic E-state index is 11.1. The van der Waals surface area contributed by atoms with E-state index in [1.54, 1.807) is 0 Å². The lowest BCUT2D eigenvalue weighted by atomic mass is 9.48. The molecule has 1 N–H and O–H groups in total. The van der Waals surface area contributed by atoms with Gasteiger partial charge in [-0.2, -0.15) is 0 Å². The Labute approximate surface area is 133 Å². The fourth-order valence-electron chi connectivity index (χ4n) is 6.41. The molecule has 4 rings (SSSR count). The van der Waals surface area contributed by atoms with Crippen molar-refractivity contribution in [1.29, 1.82) is 0 Å². The molecule has 0 heterocycles. The van der Waals surface area contributed by atoms with Gasteiger partial charge in [-0.3, -0.25) is 0 Å². The summed E-state index contributed by atoms with van der Waals surface area (Å²) in [6.07, 6.45) is 14.6. The SMILES string of the molecule is C[C@]12CC[C@H]3[C@@H](CCC4=CC(C=O)C=C[C@@]43C)[C@@H]1CC[C@@H]2O. The van der Waals surface area contributed by atoms with Crippen LogP contribution >= 0.6 is 0 Å². The van der Waals surface area contributed by atoms with Crippen LogP contribution in [0.1, 0.15) is 52.4 Å². The molecule has 3 saturated carbocycles. The van der Waals surface area contributed by atoms with Crippen LogP contribution in [0, 0.1) is 34.5 Å². The first kappa shape index (κ1) is 14.7. The second kappa shape index (κ2) is 4.80. The van der Waals surface area contributed by atoms with Gasteiger partial charge in [0.15, 0.2) is 0 Å². The highest BCUT2D eigenvalue weighted by Crippen LogP contribution is 2.64. The third kappa shape index (κ3) is 1.79. The fourth-order valence-corrected chi connectivity index (χ4v) is 6.41. The predicted molar refractivity (Wildman–Crippen MR) is 87.2 cm³/mol. The normalized spacial score (nSPS) is 53.2. The summed E-state index contributed by atoms with van der Waals surface area (Å²) in [5.41, 5.74) is 1.80. The molecule has 0 spiro atoms. The van der Waals surface area contributed by atoms with Crippen LogP contribution in [0.4, 0.5) is 0 Å². The summed E-state index contributed by atoms with van der Waals surface area (Å²) >= 11 is 0. The molecule has 0 amide bonds. The van der Waals surface area contributed by atoms with Crippen molar-refractivity contribution < 1.29 is 9.90 Å². The van der Waals surface area contributed by atoms with Gasteiger partial charge in [0.25, 0.3) is 0 Å². The van der Waals surface area contributed by atoms with E-state index in [1.807, 2.05) is 0 Å². The minimum Gasteiger partial charge on any atom is -0.393 e. The molecule has 0 radical (unpaired) electrons. The molecular formula is C20H28O2. The van der Waals surface area contributed by atoms with Gasteiger partial charge < -0.3 is 9.90 Å². The molecule has 0 saturated heterocycles. The number of carbonyl (C=O) groups excluding carboxylic acids is 1. The summed E-state index contributed by atoms with van der Waals surface area (Å²) < 4.78 is 0. The quantitative estimate of drug-likeness (QED) is 0.589. The number of hydrogen-bond acceptors (Lipinski definition) is 2. The van der Waals surface area contributed by atoms with Crippen molar-refractivity contribution in [2.45, 2.75) is 58.5 Å². The number of rotatable bonds is 1. The predicted octanol–water partition coefficient (Wildman–Crippen LogP) is 3.90. The van der Waals surface area contributed by atoms with Gasteiger partial charge in [0, 0.05) is 5.41 Å². The van der Waals surface area contributed by atoms with Gasteiger partial charge in [0.2, 0.25) is 0 Å². The zero-order chi connectivity index (χ0) is 15.5. The van der Waals surface area contributed by atoms with Crippen LogP contribution in [0.25, 0.3) is 0 Å². The van der Waals surface area contributed by atoms with E-state index >= 15 is 0 Å². The number of fused-ring (bicyclic) bond motifs is 5. The van der Waals surface area contributed by atoms with E-state index in [-0.39, 0.29) is 22.9 Å². The molecule has 3 fully saturated rings. The molecular weight excluding hydrogens is 272 g/mol. The van der Waals surface area contributed by atoms with Gasteiger partial charge >= 0.3 is 0 Å². The first-order valence-corrected chi connectivity index (χ1v) is 9.03. The standard InChI is InChI=1S/C20H28O2/c1-19-9-7-13(12-21)11-14(19)3-4-15-16-5-6-18(22)20(16,2)10-8-17(15)19/h7,9,11-13,15-18,22H,3-6,8,10H2,1-2H3/t13?,15-,16-,17-,18-,19-,20-/m0/s1. The lowest BCUT2D eigenvalue weighted by molar-refractivity contribution is -0.109. The van der Waals surface area contributed by atoms with Gasteiger partial charge in [0.1, 0.15) is 6.29 Å². The largest absolute Gasteiger partial charge is 0.393 e. The van der Waals surface area contributed by atoms with E-state index in [4.69, 9.17) is 0 Å². The minimum atomic E-state index is -0.0930. The van der Waals surface area contributed by atoms with Gasteiger partial charge in [-0.05, 0) is 61.7 Å². The van der Waals surface area contributed by atoms with Crippen LogP contribution in [-0.4, -0.2) is 17.5 Å². The van der Waals surface area contributed by atoms with Crippen molar-refractivity contribution in [3.05, 3.63) is 23.8 Å². The third-order valence-electron chi connectivity index (χ3n) is 7.81. The van der Waals surface area contributed by atoms with Crippen LogP contribution in [-0.2, 0) is 4.79 Å². The Balaban J connectivity index is 1.68. The number of hydrogen-bond donors (Lipinski definition) is 1. The second-order valence-electron chi connectivity index (χ2n) is 8.60. The van der Waals surface area contributed by atoms with E-state index in [0.717, 1.165) is 31.5 Å². The van der Waals surface area contributed by atoms with E-state index in [9.17, 15) is 9.90 Å². The summed E-state index contributed by atoms with van der Waals surface area (Å²) in [6.45, 7) is 4.72. The topological polar surface area (TPSA) is 37.3 Å². The first-order valence-electron chi connectivity index (χ1n) is 9.03. The van der Waals surface area contributed by atoms with Crippen LogP contribution in [0.5, 0.6) is 0 Å². The second-order valence-corrected chi connectivity index (χ2v) is 8.60. The van der Waals surface area contributed by atoms with Gasteiger partial charge in [-0.1, -0.05) is 37.6 Å². The van der Waals surface area contributed by atoms with Crippen molar-refractivity contribution in [3.63, 3.8) is 0 Å². The Morgan fingerprint density at radius 1 is 1.18 bits per heavy atom. The molecule has 2 nitrogen and oxygen atoms in total. The Kier molecular flexibility index (Phi) is 3.21. The van der Waals surface area contributed by atoms with Crippen LogP contribution < -0.4 is 0 Å². The van der Waals surface area contributed by atoms with E-state index in [0.29, 0.717) is 11.8 Å². The van der Waals surface area contributed by atoms with Crippen LogP contribution in [0.15, 0.2) is 23.8 Å². The van der Waals surface area contributed by atoms with Crippen molar-refractivity contribution in [2.75, 3.05) is 0 Å². The maximum Gasteiger partial charge on any atom is 0.130 e. The van der Waals surface area contributed by atoms with E-state index in [2.05, 4.69) is 32.1 Å². The molecule has 120 valence electrons. The lowest BCUT2D eigenvalue weighted by Gasteiger charge is -2.56. The highest BCUT2D eigenvalue weighted by Gasteiger charge is 2.58. The Morgan fingerprint density at radius 2 is 2.00 bits per heavy atom. The van der Waals surface area contributed by atoms with E-state index in [1.165, 1.54) is 24.8 Å². The van der Waals surface area contributed by atoms with Gasteiger partial charge in [-0.25, -0.2) is 0 Å². The average Bonchev–Trinajstić information content (AvgIpc) is 2.82. The lowest BCUT2D eigenvalue weighted by Crippen LogP contribution is -2.50. The maximum atomic E-state index is 11.1. The summed E-state index contributed by atoms with van der Waals surface area (Å²) in [6, 6.07) is 0. The molecule has 0 aromatic rings. The molecule has 4 aliphatic rings. The summed E-state index contributed by atoms with van der Waals surface area (Å²) in [5.74, 6) is 2.12. The van der Waals surface area contributed by atoms with Crippen molar-refractivity contribution in [2.24, 2.45) is 34.5 Å². The van der Waals surface area contributed by atoms with Crippen molar-refractivity contribution in [1.82, 2.24) is 0 Å². The van der Waals surface area contributed by atoms with E-state index < -0.39 is 0 Å². The molecule has 0 bridgehead atoms. The summed E-state index contributed by atoms with van der Waals surface area (Å²) in [5, 5.41) is 10.5. The van der Waals surface area contributed by atoms with Gasteiger partial charge in [0.05, 0.1) is 12.0 Å². The van der Waals surface area contributed by atoms with Gasteiger partial charge in [-0.15, -0.1) is 0 Å². The minimum absolute atomic E-state index is 0.0122. The summed E-state index contributed by atoms with van der Waals surface area (Å²) in [7, 11) is 0. The van der Waals surface area contributed by atoms with Crippen molar-refractivity contribution >= 4 is 6.29 Å². The molecule has 0 aromatic carbocycles. The monoisotopic (exact) mass is 300 g/mol. The number of carbonyl (C=O) groups is 1. The van der Waals surface area contributed by atoms with Crippen LogP contribution in [0.3, 0.4) is 0 Å². The highest BCUT2D eigenvalue weighted by atomic mass is 16.3. The molecule has 4 aliphatic carbocycles. The molecule has 22 heavy (non-hydrogen) atoms. The Morgan fingerprint density at radius 3 is 2.77 bits per heavy atom. The van der Waals surface area contributed by atoms with Crippen LogP contribution in [0.2, 0.25) is 0 Å². The smallest absolute Gasteiger partial charge is 0.130 e. The third-order valence-corrected chi connectivity index (χ3v) is 7.81. The zero-order valence-corrected chi connectivity index (χ0v) is 13.8. The summed E-state index contributed by atoms with van der Waals surface area (Å²) in [4.78, 5) is 11.1. The average molecular weight is 300 g/mol. The highest BCUT2D eigenvalue weighted by molar-refractivity contribution is 5.61. The molecule has 0 aliphatic heterocycles.